The Balaban J connectivity index is 1.55. The smallest absolute Gasteiger partial charge is 0.331 e. The Labute approximate surface area is 226 Å². The van der Waals surface area contributed by atoms with E-state index in [0.717, 1.165) is 21.3 Å². The molecule has 10 nitrogen and oxygen atoms in total. The quantitative estimate of drug-likeness (QED) is 0.442. The molecular formula is C27H35N7O3S. The summed E-state index contributed by atoms with van der Waals surface area (Å²) >= 11 is 1.42. The van der Waals surface area contributed by atoms with Crippen molar-refractivity contribution < 1.29 is 14.7 Å². The van der Waals surface area contributed by atoms with Crippen molar-refractivity contribution in [2.24, 2.45) is 0 Å². The summed E-state index contributed by atoms with van der Waals surface area (Å²) in [6.07, 6.45) is 0.0300. The zero-order chi connectivity index (χ0) is 27.2. The van der Waals surface area contributed by atoms with Crippen LogP contribution in [0.2, 0.25) is 0 Å². The van der Waals surface area contributed by atoms with Crippen LogP contribution in [0.25, 0.3) is 10.2 Å². The van der Waals surface area contributed by atoms with Gasteiger partial charge >= 0.3 is 6.03 Å². The third-order valence-corrected chi connectivity index (χ3v) is 8.19. The molecule has 0 spiro atoms. The minimum atomic E-state index is -1.32. The molecule has 1 aromatic heterocycles. The van der Waals surface area contributed by atoms with Crippen LogP contribution in [0.3, 0.4) is 0 Å². The number of rotatable bonds is 6. The number of thiazole rings is 1. The zero-order valence-corrected chi connectivity index (χ0v) is 23.0. The lowest BCUT2D eigenvalue weighted by molar-refractivity contribution is -0.169. The Hall–Kier alpha value is -3.25. The van der Waals surface area contributed by atoms with Gasteiger partial charge in [0.05, 0.1) is 29.3 Å². The van der Waals surface area contributed by atoms with Crippen molar-refractivity contribution in [1.29, 1.82) is 0 Å². The number of nitrogen functional groups attached to an aromatic ring is 1. The first-order chi connectivity index (χ1) is 18.1. The van der Waals surface area contributed by atoms with E-state index in [2.05, 4.69) is 10.3 Å². The van der Waals surface area contributed by atoms with Crippen LogP contribution >= 0.6 is 11.3 Å². The monoisotopic (exact) mass is 537 g/mol. The van der Waals surface area contributed by atoms with Gasteiger partial charge in [0, 0.05) is 19.6 Å². The van der Waals surface area contributed by atoms with E-state index < -0.39 is 17.9 Å². The first-order valence-electron chi connectivity index (χ1n) is 12.9. The summed E-state index contributed by atoms with van der Waals surface area (Å²) in [5.41, 5.74) is 7.39. The van der Waals surface area contributed by atoms with E-state index in [1.54, 1.807) is 19.0 Å². The fourth-order valence-corrected chi connectivity index (χ4v) is 6.59. The van der Waals surface area contributed by atoms with E-state index in [4.69, 9.17) is 5.73 Å². The van der Waals surface area contributed by atoms with Gasteiger partial charge in [-0.2, -0.15) is 5.01 Å². The fraction of sp³-hybridized carbons (Fsp3) is 0.444. The van der Waals surface area contributed by atoms with Gasteiger partial charge in [0.15, 0.2) is 5.13 Å². The topological polar surface area (TPSA) is 118 Å². The van der Waals surface area contributed by atoms with Crippen molar-refractivity contribution in [2.75, 3.05) is 25.9 Å². The van der Waals surface area contributed by atoms with Crippen LogP contribution in [-0.2, 0) is 17.8 Å². The Bertz CT molecular complexity index is 1330. The number of nitrogens with zero attached hydrogens (tertiary/aromatic N) is 5. The summed E-state index contributed by atoms with van der Waals surface area (Å²) in [4.78, 5) is 35.3. The molecule has 11 heteroatoms. The number of aliphatic hydroxyl groups is 1. The molecule has 2 aliphatic heterocycles. The lowest BCUT2D eigenvalue weighted by Gasteiger charge is -2.48. The second kappa shape index (κ2) is 10.1. The van der Waals surface area contributed by atoms with E-state index in [-0.39, 0.29) is 24.5 Å². The molecule has 0 saturated carbocycles. The molecule has 4 N–H and O–H groups in total. The molecule has 202 valence electrons. The highest BCUT2D eigenvalue weighted by molar-refractivity contribution is 7.22. The van der Waals surface area contributed by atoms with Crippen LogP contribution in [0.15, 0.2) is 48.5 Å². The first-order valence-corrected chi connectivity index (χ1v) is 13.7. The second-order valence-corrected chi connectivity index (χ2v) is 11.5. The number of nitrogens with two attached hydrogens (primary N) is 1. The molecule has 2 aromatic carbocycles. The molecule has 3 heterocycles. The van der Waals surface area contributed by atoms with E-state index in [0.29, 0.717) is 24.6 Å². The number of carbonyl (C=O) groups excluding carboxylic acids is 2. The number of piperazine rings is 1. The normalized spacial score (nSPS) is 24.3. The van der Waals surface area contributed by atoms with E-state index >= 15 is 0 Å². The largest absolute Gasteiger partial charge is 0.375 e. The predicted molar refractivity (Wildman–Crippen MR) is 148 cm³/mol. The van der Waals surface area contributed by atoms with Crippen molar-refractivity contribution in [3.63, 3.8) is 0 Å². The Morgan fingerprint density at radius 3 is 2.68 bits per heavy atom. The highest BCUT2D eigenvalue weighted by Gasteiger charge is 2.57. The average Bonchev–Trinajstić information content (AvgIpc) is 3.38. The van der Waals surface area contributed by atoms with Crippen LogP contribution < -0.4 is 11.1 Å². The van der Waals surface area contributed by atoms with E-state index in [1.165, 1.54) is 11.3 Å². The molecule has 0 aliphatic carbocycles. The van der Waals surface area contributed by atoms with Crippen molar-refractivity contribution in [3.05, 3.63) is 59.7 Å². The van der Waals surface area contributed by atoms with Gasteiger partial charge in [0.25, 0.3) is 0 Å². The molecule has 2 saturated heterocycles. The zero-order valence-electron chi connectivity index (χ0n) is 22.2. The predicted octanol–water partition coefficient (Wildman–Crippen LogP) is 2.45. The minimum Gasteiger partial charge on any atom is -0.375 e. The number of fused-ring (bicyclic) bond motifs is 2. The fourth-order valence-electron chi connectivity index (χ4n) is 5.80. The lowest BCUT2D eigenvalue weighted by Crippen LogP contribution is -2.68. The lowest BCUT2D eigenvalue weighted by atomic mass is 9.98. The van der Waals surface area contributed by atoms with Gasteiger partial charge in [-0.15, -0.1) is 0 Å². The molecule has 3 atom stereocenters. The molecule has 1 unspecified atom stereocenters. The number of urea groups is 1. The summed E-state index contributed by atoms with van der Waals surface area (Å²) in [5, 5.41) is 18.4. The molecule has 38 heavy (non-hydrogen) atoms. The number of hydrazine groups is 1. The Kier molecular flexibility index (Phi) is 7.03. The van der Waals surface area contributed by atoms with Crippen LogP contribution in [0.1, 0.15) is 31.9 Å². The maximum atomic E-state index is 14.1. The van der Waals surface area contributed by atoms with Gasteiger partial charge < -0.3 is 21.1 Å². The van der Waals surface area contributed by atoms with Gasteiger partial charge in [0.2, 0.25) is 5.91 Å². The van der Waals surface area contributed by atoms with Crippen molar-refractivity contribution in [1.82, 2.24) is 30.1 Å². The third-order valence-electron chi connectivity index (χ3n) is 7.34. The Morgan fingerprint density at radius 2 is 2.00 bits per heavy atom. The number of β-amino-alcohol motifs (C(OH)–C–C–N with tert-alkyl or cyclic N) is 1. The number of carbonyl (C=O) groups is 2. The number of hydrogen-bond acceptors (Lipinski definition) is 8. The van der Waals surface area contributed by atoms with Crippen LogP contribution in [0.4, 0.5) is 9.93 Å². The van der Waals surface area contributed by atoms with Gasteiger partial charge in [-0.05, 0) is 44.4 Å². The standard InChI is InChI=1S/C27H35N7O3S/c1-17(2)34(26(36)29-4)32-16-27(3,37)33-20(13-18-9-6-5-7-10-18)24(35)31(15-22(32)33)14-19-11-8-12-21-23(19)30-25(28)38-21/h5-12,17,20,22,37H,13-16H2,1-4H3,(H2,28,30)(H,29,36)/t20-,22+,27?/m0/s1. The highest BCUT2D eigenvalue weighted by Crippen LogP contribution is 2.38. The van der Waals surface area contributed by atoms with Crippen LogP contribution in [0.5, 0.6) is 0 Å². The summed E-state index contributed by atoms with van der Waals surface area (Å²) in [5.74, 6) is -0.0662. The van der Waals surface area contributed by atoms with Crippen molar-refractivity contribution >= 4 is 38.6 Å². The molecule has 5 rings (SSSR count). The van der Waals surface area contributed by atoms with Gasteiger partial charge in [0.1, 0.15) is 11.9 Å². The maximum Gasteiger partial charge on any atom is 0.331 e. The minimum absolute atomic E-state index is 0.0662. The highest BCUT2D eigenvalue weighted by atomic mass is 32.1. The number of para-hydroxylation sites is 1. The number of nitrogens with one attached hydrogen (secondary N) is 1. The number of aromatic nitrogens is 1. The second-order valence-electron chi connectivity index (χ2n) is 10.4. The van der Waals surface area contributed by atoms with E-state index in [9.17, 15) is 14.7 Å². The number of benzene rings is 2. The van der Waals surface area contributed by atoms with Crippen LogP contribution in [-0.4, -0.2) is 86.0 Å². The van der Waals surface area contributed by atoms with Gasteiger partial charge in [-0.25, -0.2) is 14.7 Å². The summed E-state index contributed by atoms with van der Waals surface area (Å²) in [6.45, 7) is 6.46. The molecular weight excluding hydrogens is 502 g/mol. The van der Waals surface area contributed by atoms with E-state index in [1.807, 2.05) is 77.2 Å². The average molecular weight is 538 g/mol. The molecule has 3 aromatic rings. The van der Waals surface area contributed by atoms with Gasteiger partial charge in [-0.3, -0.25) is 9.80 Å². The summed E-state index contributed by atoms with van der Waals surface area (Å²) in [6, 6.07) is 14.7. The molecule has 2 fully saturated rings. The number of amides is 3. The van der Waals surface area contributed by atoms with Gasteiger partial charge in [-0.1, -0.05) is 53.8 Å². The third kappa shape index (κ3) is 4.71. The summed E-state index contributed by atoms with van der Waals surface area (Å²) in [7, 11) is 1.60. The maximum absolute atomic E-state index is 14.1. The first kappa shape index (κ1) is 26.4. The van der Waals surface area contributed by atoms with Crippen LogP contribution in [0, 0.1) is 0 Å². The SMILES string of the molecule is CNC(=O)N(C(C)C)N1CC(C)(O)N2[C@@H]1CN(Cc1cccc3sc(N)nc13)C(=O)[C@@H]2Cc1ccccc1. The molecule has 0 bridgehead atoms. The molecule has 2 aliphatic rings. The Morgan fingerprint density at radius 1 is 1.26 bits per heavy atom. The summed E-state index contributed by atoms with van der Waals surface area (Å²) < 4.78 is 0.975. The molecule has 3 amide bonds. The van der Waals surface area contributed by atoms with Crippen molar-refractivity contribution in [2.45, 2.75) is 57.7 Å². The molecule has 0 radical (unpaired) electrons. The number of hydrogen-bond donors (Lipinski definition) is 3. The number of anilines is 1. The van der Waals surface area contributed by atoms with Crippen molar-refractivity contribution in [3.8, 4) is 0 Å².